The van der Waals surface area contributed by atoms with Crippen LogP contribution in [0.3, 0.4) is 0 Å². The number of aliphatic hydroxyl groups excluding tert-OH is 5. The van der Waals surface area contributed by atoms with Gasteiger partial charge in [-0.15, -0.1) is 0 Å². The third-order valence-electron chi connectivity index (χ3n) is 12.9. The molecule has 0 aromatic carbocycles. The van der Waals surface area contributed by atoms with E-state index in [-0.39, 0.29) is 11.5 Å². The predicted octanol–water partition coefficient (Wildman–Crippen LogP) is 3.83. The van der Waals surface area contributed by atoms with Gasteiger partial charge in [-0.3, -0.25) is 0 Å². The zero-order valence-corrected chi connectivity index (χ0v) is 26.0. The molecule has 0 amide bonds. The summed E-state index contributed by atoms with van der Waals surface area (Å²) in [6, 6.07) is 0. The van der Waals surface area contributed by atoms with Gasteiger partial charge in [-0.1, -0.05) is 32.4 Å². The molecule has 0 unspecified atom stereocenters. The summed E-state index contributed by atoms with van der Waals surface area (Å²) < 4.78 is 17.9. The molecule has 2 heterocycles. The van der Waals surface area contributed by atoms with Crippen molar-refractivity contribution >= 4 is 0 Å². The Balaban J connectivity index is 1.03. The van der Waals surface area contributed by atoms with Gasteiger partial charge in [0.1, 0.15) is 30.5 Å². The summed E-state index contributed by atoms with van der Waals surface area (Å²) in [5.41, 5.74) is 3.55. The molecule has 238 valence electrons. The van der Waals surface area contributed by atoms with E-state index in [9.17, 15) is 25.5 Å². The minimum Gasteiger partial charge on any atom is -0.494 e. The van der Waals surface area contributed by atoms with Crippen molar-refractivity contribution in [2.45, 2.75) is 135 Å². The van der Waals surface area contributed by atoms with Crippen molar-refractivity contribution in [1.82, 2.24) is 0 Å². The first-order chi connectivity index (χ1) is 20.0. The van der Waals surface area contributed by atoms with Crippen molar-refractivity contribution in [2.75, 3.05) is 13.2 Å². The lowest BCUT2D eigenvalue weighted by molar-refractivity contribution is -0.301. The minimum absolute atomic E-state index is 0.155. The largest absolute Gasteiger partial charge is 0.494 e. The van der Waals surface area contributed by atoms with Gasteiger partial charge in [0, 0.05) is 12.3 Å². The van der Waals surface area contributed by atoms with Gasteiger partial charge in [0.15, 0.2) is 6.29 Å². The molecule has 0 aromatic heterocycles. The highest BCUT2D eigenvalue weighted by Crippen LogP contribution is 2.68. The predicted molar refractivity (Wildman–Crippen MR) is 157 cm³/mol. The first kappa shape index (κ1) is 31.0. The van der Waals surface area contributed by atoms with Crippen molar-refractivity contribution in [2.24, 2.45) is 40.4 Å². The Morgan fingerprint density at radius 2 is 1.81 bits per heavy atom. The molecule has 14 atom stereocenters. The molecule has 6 rings (SSSR count). The summed E-state index contributed by atoms with van der Waals surface area (Å²) in [5, 5.41) is 49.9. The van der Waals surface area contributed by atoms with Gasteiger partial charge in [0.05, 0.1) is 25.1 Å². The van der Waals surface area contributed by atoms with E-state index in [1.807, 2.05) is 0 Å². The fourth-order valence-corrected chi connectivity index (χ4v) is 10.3. The number of ether oxygens (including phenoxy) is 3. The van der Waals surface area contributed by atoms with E-state index in [0.717, 1.165) is 56.8 Å². The molecule has 0 aromatic rings. The number of aliphatic hydroxyl groups is 5. The lowest BCUT2D eigenvalue weighted by atomic mass is 9.47. The molecule has 8 heteroatoms. The molecule has 3 saturated carbocycles. The standard InChI is InChI=1S/C34H54O8/c1-18(11-14-40-32-31(39)30(38)29(37)27(17-35)42-32)5-8-25-19(2)28-26(41-25)16-24-22-7-6-20-15-21(36)9-12-33(20,3)23(22)10-13-34(24,28)4/h6,18,21-24,26-32,35-39H,5,7-17H2,1-4H3/t18-,21+,22-,23+,24+,26+,27-,28+,29-,30+,31-,32-,33+,34+/m1/s1. The number of rotatable bonds is 8. The summed E-state index contributed by atoms with van der Waals surface area (Å²) in [5.74, 6) is 4.22. The Morgan fingerprint density at radius 1 is 1.02 bits per heavy atom. The van der Waals surface area contributed by atoms with Crippen molar-refractivity contribution in [1.29, 1.82) is 0 Å². The second-order valence-corrected chi connectivity index (χ2v) is 15.2. The first-order valence-electron chi connectivity index (χ1n) is 16.6. The Hall–Kier alpha value is -1.00. The Bertz CT molecular complexity index is 1060. The van der Waals surface area contributed by atoms with Crippen LogP contribution in [0.25, 0.3) is 0 Å². The maximum Gasteiger partial charge on any atom is 0.186 e. The van der Waals surface area contributed by atoms with Gasteiger partial charge < -0.3 is 39.7 Å². The third-order valence-corrected chi connectivity index (χ3v) is 12.9. The van der Waals surface area contributed by atoms with Crippen LogP contribution in [-0.4, -0.2) is 81.7 Å². The van der Waals surface area contributed by atoms with Crippen LogP contribution < -0.4 is 0 Å². The van der Waals surface area contributed by atoms with Crippen LogP contribution in [0.15, 0.2) is 23.0 Å². The Labute approximate surface area is 251 Å². The van der Waals surface area contributed by atoms with E-state index in [1.165, 1.54) is 36.2 Å². The molecule has 1 saturated heterocycles. The van der Waals surface area contributed by atoms with E-state index >= 15 is 0 Å². The topological polar surface area (TPSA) is 129 Å². The van der Waals surface area contributed by atoms with Crippen LogP contribution >= 0.6 is 0 Å². The van der Waals surface area contributed by atoms with E-state index in [0.29, 0.717) is 35.9 Å². The van der Waals surface area contributed by atoms with E-state index in [2.05, 4.69) is 33.8 Å². The van der Waals surface area contributed by atoms with Crippen LogP contribution in [0.1, 0.15) is 91.9 Å². The highest BCUT2D eigenvalue weighted by Gasteiger charge is 2.63. The number of fused-ring (bicyclic) bond motifs is 7. The molecule has 0 radical (unpaired) electrons. The van der Waals surface area contributed by atoms with E-state index < -0.39 is 37.3 Å². The zero-order chi connectivity index (χ0) is 30.0. The van der Waals surface area contributed by atoms with Crippen molar-refractivity contribution in [3.05, 3.63) is 23.0 Å². The van der Waals surface area contributed by atoms with Gasteiger partial charge in [-0.05, 0) is 105 Å². The number of hydrogen-bond donors (Lipinski definition) is 5. The zero-order valence-electron chi connectivity index (χ0n) is 26.0. The molecular weight excluding hydrogens is 536 g/mol. The lowest BCUT2D eigenvalue weighted by Gasteiger charge is -2.57. The minimum atomic E-state index is -1.42. The van der Waals surface area contributed by atoms with Crippen LogP contribution in [-0.2, 0) is 14.2 Å². The SMILES string of the molecule is CC1=C(CC[C@@H](C)CCO[C@@H]2O[C@H](CO)[C@@H](O)[C@H](O)[C@H]2O)O[C@H]2C[C@H]3[C@@H]4CC=C5C[C@@H](O)CC[C@]5(C)[C@H]4CC[C@]3(C)[C@@H]12. The number of hydrogen-bond acceptors (Lipinski definition) is 8. The van der Waals surface area contributed by atoms with Gasteiger partial charge in [-0.2, -0.15) is 0 Å². The summed E-state index contributed by atoms with van der Waals surface area (Å²) >= 11 is 0. The Kier molecular flexibility index (Phi) is 8.66. The van der Waals surface area contributed by atoms with Gasteiger partial charge >= 0.3 is 0 Å². The molecular formula is C34H54O8. The first-order valence-corrected chi connectivity index (χ1v) is 16.6. The molecule has 2 aliphatic heterocycles. The van der Waals surface area contributed by atoms with E-state index in [1.54, 1.807) is 0 Å². The molecule has 5 N–H and O–H groups in total. The molecule has 8 nitrogen and oxygen atoms in total. The van der Waals surface area contributed by atoms with Crippen molar-refractivity contribution in [3.63, 3.8) is 0 Å². The van der Waals surface area contributed by atoms with Crippen molar-refractivity contribution in [3.8, 4) is 0 Å². The van der Waals surface area contributed by atoms with Crippen molar-refractivity contribution < 1.29 is 39.7 Å². The fraction of sp³-hybridized carbons (Fsp3) is 0.882. The molecule has 4 fully saturated rings. The van der Waals surface area contributed by atoms with Gasteiger partial charge in [0.25, 0.3) is 0 Å². The average Bonchev–Trinajstić information content (AvgIpc) is 3.45. The van der Waals surface area contributed by atoms with Gasteiger partial charge in [-0.25, -0.2) is 0 Å². The quantitative estimate of drug-likeness (QED) is 0.270. The lowest BCUT2D eigenvalue weighted by Crippen LogP contribution is -2.59. The Morgan fingerprint density at radius 3 is 2.57 bits per heavy atom. The molecule has 4 aliphatic carbocycles. The number of allylic oxidation sites excluding steroid dienone is 2. The van der Waals surface area contributed by atoms with Gasteiger partial charge in [0.2, 0.25) is 0 Å². The summed E-state index contributed by atoms with van der Waals surface area (Å²) in [4.78, 5) is 0. The van der Waals surface area contributed by atoms with E-state index in [4.69, 9.17) is 14.2 Å². The van der Waals surface area contributed by atoms with Crippen LogP contribution in [0.2, 0.25) is 0 Å². The molecule has 0 spiro atoms. The summed E-state index contributed by atoms with van der Waals surface area (Å²) in [6.07, 6.45) is 6.98. The maximum absolute atomic E-state index is 10.3. The summed E-state index contributed by atoms with van der Waals surface area (Å²) in [7, 11) is 0. The van der Waals surface area contributed by atoms with Crippen LogP contribution in [0, 0.1) is 40.4 Å². The highest BCUT2D eigenvalue weighted by molar-refractivity contribution is 5.30. The second kappa shape index (κ2) is 11.7. The maximum atomic E-state index is 10.3. The monoisotopic (exact) mass is 590 g/mol. The highest BCUT2D eigenvalue weighted by atomic mass is 16.7. The second-order valence-electron chi connectivity index (χ2n) is 15.2. The van der Waals surface area contributed by atoms with Crippen LogP contribution in [0.4, 0.5) is 0 Å². The molecule has 42 heavy (non-hydrogen) atoms. The summed E-state index contributed by atoms with van der Waals surface area (Å²) in [6.45, 7) is 9.45. The molecule has 6 aliphatic rings. The average molecular weight is 591 g/mol. The third kappa shape index (κ3) is 5.11. The molecule has 0 bridgehead atoms. The fourth-order valence-electron chi connectivity index (χ4n) is 10.3. The smallest absolute Gasteiger partial charge is 0.186 e. The van der Waals surface area contributed by atoms with Crippen LogP contribution in [0.5, 0.6) is 0 Å². The normalized spacial score (nSPS) is 49.0.